The number of benzene rings is 1. The fourth-order valence-electron chi connectivity index (χ4n) is 2.87. The quantitative estimate of drug-likeness (QED) is 0.832. The van der Waals surface area contributed by atoms with Crippen LogP contribution in [-0.2, 0) is 11.2 Å². The molecule has 0 atom stereocenters. The third-order valence-electron chi connectivity index (χ3n) is 3.98. The summed E-state index contributed by atoms with van der Waals surface area (Å²) < 4.78 is 5.41. The first-order chi connectivity index (χ1) is 8.83. The maximum absolute atomic E-state index is 12.0. The molecule has 1 aliphatic carbocycles. The molecule has 1 N–H and O–H groups in total. The number of fused-ring (bicyclic) bond motifs is 1. The smallest absolute Gasteiger partial charge is 0.338 e. The van der Waals surface area contributed by atoms with Crippen LogP contribution >= 0.6 is 0 Å². The normalized spacial score (nSPS) is 18.4. The van der Waals surface area contributed by atoms with Crippen LogP contribution in [0.3, 0.4) is 0 Å². The molecule has 2 aliphatic rings. The Bertz CT molecular complexity index is 450. The summed E-state index contributed by atoms with van der Waals surface area (Å²) >= 11 is 0. The van der Waals surface area contributed by atoms with E-state index < -0.39 is 0 Å². The highest BCUT2D eigenvalue weighted by Crippen LogP contribution is 2.26. The molecule has 1 aromatic carbocycles. The van der Waals surface area contributed by atoms with Crippen molar-refractivity contribution < 1.29 is 9.53 Å². The molecule has 0 bridgehead atoms. The van der Waals surface area contributed by atoms with E-state index in [1.807, 2.05) is 18.2 Å². The average Bonchev–Trinajstić information content (AvgIpc) is 3.05. The molecule has 1 saturated carbocycles. The van der Waals surface area contributed by atoms with Crippen molar-refractivity contribution in [2.24, 2.45) is 5.92 Å². The van der Waals surface area contributed by atoms with E-state index in [1.165, 1.54) is 31.2 Å². The highest BCUT2D eigenvalue weighted by Gasteiger charge is 2.18. The van der Waals surface area contributed by atoms with Crippen molar-refractivity contribution in [1.29, 1.82) is 0 Å². The molecule has 96 valence electrons. The zero-order valence-corrected chi connectivity index (χ0v) is 10.6. The molecule has 3 nitrogen and oxygen atoms in total. The van der Waals surface area contributed by atoms with Crippen LogP contribution in [0.5, 0.6) is 0 Å². The molecule has 0 aromatic heterocycles. The summed E-state index contributed by atoms with van der Waals surface area (Å²) in [6.45, 7) is 1.55. The van der Waals surface area contributed by atoms with Crippen molar-refractivity contribution in [3.63, 3.8) is 0 Å². The zero-order chi connectivity index (χ0) is 12.4. The monoisotopic (exact) mass is 245 g/mol. The summed E-state index contributed by atoms with van der Waals surface area (Å²) in [4.78, 5) is 12.0. The van der Waals surface area contributed by atoms with E-state index in [4.69, 9.17) is 4.74 Å². The van der Waals surface area contributed by atoms with Gasteiger partial charge < -0.3 is 10.1 Å². The number of hydrogen-bond acceptors (Lipinski definition) is 3. The Morgan fingerprint density at radius 2 is 2.17 bits per heavy atom. The minimum absolute atomic E-state index is 0.182. The van der Waals surface area contributed by atoms with Gasteiger partial charge in [0.2, 0.25) is 0 Å². The minimum Gasteiger partial charge on any atom is -0.462 e. The SMILES string of the molecule is O=C(OCC1CCCC1)c1ccc2c(c1)NCC2. The van der Waals surface area contributed by atoms with E-state index in [0.29, 0.717) is 18.1 Å². The maximum atomic E-state index is 12.0. The van der Waals surface area contributed by atoms with Crippen LogP contribution in [0.4, 0.5) is 5.69 Å². The molecular formula is C15H19NO2. The third-order valence-corrected chi connectivity index (χ3v) is 3.98. The minimum atomic E-state index is -0.182. The van der Waals surface area contributed by atoms with Gasteiger partial charge in [-0.1, -0.05) is 18.9 Å². The van der Waals surface area contributed by atoms with Gasteiger partial charge in [0.15, 0.2) is 0 Å². The van der Waals surface area contributed by atoms with Crippen molar-refractivity contribution >= 4 is 11.7 Å². The molecule has 3 rings (SSSR count). The number of carbonyl (C=O) groups is 1. The molecule has 0 saturated heterocycles. The lowest BCUT2D eigenvalue weighted by molar-refractivity contribution is 0.0442. The van der Waals surface area contributed by atoms with Gasteiger partial charge in [-0.05, 0) is 42.9 Å². The predicted octanol–water partition coefficient (Wildman–Crippen LogP) is 3.00. The largest absolute Gasteiger partial charge is 0.462 e. The van der Waals surface area contributed by atoms with Crippen molar-refractivity contribution in [3.8, 4) is 0 Å². The number of anilines is 1. The first-order valence-corrected chi connectivity index (χ1v) is 6.87. The second-order valence-corrected chi connectivity index (χ2v) is 5.30. The molecule has 18 heavy (non-hydrogen) atoms. The molecule has 1 aromatic rings. The second kappa shape index (κ2) is 5.01. The Hall–Kier alpha value is -1.51. The Labute approximate surface area is 108 Å². The molecule has 0 amide bonds. The number of nitrogens with one attached hydrogen (secondary N) is 1. The van der Waals surface area contributed by atoms with Crippen LogP contribution in [-0.4, -0.2) is 19.1 Å². The van der Waals surface area contributed by atoms with Gasteiger partial charge in [0.1, 0.15) is 0 Å². The van der Waals surface area contributed by atoms with Gasteiger partial charge in [-0.2, -0.15) is 0 Å². The van der Waals surface area contributed by atoms with Gasteiger partial charge in [-0.25, -0.2) is 4.79 Å². The Kier molecular flexibility index (Phi) is 3.22. The van der Waals surface area contributed by atoms with Gasteiger partial charge >= 0.3 is 5.97 Å². The zero-order valence-electron chi connectivity index (χ0n) is 10.6. The first kappa shape index (κ1) is 11.6. The number of hydrogen-bond donors (Lipinski definition) is 1. The van der Waals surface area contributed by atoms with Crippen molar-refractivity contribution in [3.05, 3.63) is 29.3 Å². The lowest BCUT2D eigenvalue weighted by Crippen LogP contribution is -2.12. The highest BCUT2D eigenvalue weighted by molar-refractivity contribution is 5.91. The standard InChI is InChI=1S/C15H19NO2/c17-15(18-10-11-3-1-2-4-11)13-6-5-12-7-8-16-14(12)9-13/h5-6,9,11,16H,1-4,7-8,10H2. The third kappa shape index (κ3) is 2.35. The molecule has 1 aliphatic heterocycles. The molecular weight excluding hydrogens is 226 g/mol. The van der Waals surface area contributed by atoms with Gasteiger partial charge in [-0.3, -0.25) is 0 Å². The summed E-state index contributed by atoms with van der Waals surface area (Å²) in [7, 11) is 0. The van der Waals surface area contributed by atoms with Gasteiger partial charge in [0, 0.05) is 12.2 Å². The summed E-state index contributed by atoms with van der Waals surface area (Å²) in [6, 6.07) is 5.82. The van der Waals surface area contributed by atoms with Crippen LogP contribution in [0, 0.1) is 5.92 Å². The average molecular weight is 245 g/mol. The van der Waals surface area contributed by atoms with Crippen molar-refractivity contribution in [2.75, 3.05) is 18.5 Å². The molecule has 3 heteroatoms. The Morgan fingerprint density at radius 1 is 1.33 bits per heavy atom. The van der Waals surface area contributed by atoms with Crippen LogP contribution in [0.2, 0.25) is 0 Å². The van der Waals surface area contributed by atoms with Crippen LogP contribution in [0.25, 0.3) is 0 Å². The molecule has 0 unspecified atom stereocenters. The fourth-order valence-corrected chi connectivity index (χ4v) is 2.87. The highest BCUT2D eigenvalue weighted by atomic mass is 16.5. The molecule has 1 fully saturated rings. The summed E-state index contributed by atoms with van der Waals surface area (Å²) in [5, 5.41) is 3.28. The topological polar surface area (TPSA) is 38.3 Å². The van der Waals surface area contributed by atoms with E-state index in [9.17, 15) is 4.79 Å². The van der Waals surface area contributed by atoms with Crippen molar-refractivity contribution in [1.82, 2.24) is 0 Å². The fraction of sp³-hybridized carbons (Fsp3) is 0.533. The van der Waals surface area contributed by atoms with Crippen LogP contribution in [0.1, 0.15) is 41.6 Å². The predicted molar refractivity (Wildman–Crippen MR) is 70.9 cm³/mol. The van der Waals surface area contributed by atoms with E-state index in [1.54, 1.807) is 0 Å². The lowest BCUT2D eigenvalue weighted by Gasteiger charge is -2.10. The second-order valence-electron chi connectivity index (χ2n) is 5.30. The van der Waals surface area contributed by atoms with Crippen molar-refractivity contribution in [2.45, 2.75) is 32.1 Å². The Balaban J connectivity index is 1.61. The summed E-state index contributed by atoms with van der Waals surface area (Å²) in [5.74, 6) is 0.403. The number of rotatable bonds is 3. The Morgan fingerprint density at radius 3 is 3.00 bits per heavy atom. The van der Waals surface area contributed by atoms with Crippen LogP contribution in [0.15, 0.2) is 18.2 Å². The maximum Gasteiger partial charge on any atom is 0.338 e. The lowest BCUT2D eigenvalue weighted by atomic mass is 10.1. The van der Waals surface area contributed by atoms with Gasteiger partial charge in [0.25, 0.3) is 0 Å². The van der Waals surface area contributed by atoms with E-state index in [0.717, 1.165) is 18.7 Å². The van der Waals surface area contributed by atoms with Crippen LogP contribution < -0.4 is 5.32 Å². The molecule has 0 radical (unpaired) electrons. The van der Waals surface area contributed by atoms with E-state index in [2.05, 4.69) is 5.32 Å². The summed E-state index contributed by atoms with van der Waals surface area (Å²) in [6.07, 6.45) is 6.03. The molecule has 1 heterocycles. The van der Waals surface area contributed by atoms with E-state index >= 15 is 0 Å². The molecule has 0 spiro atoms. The van der Waals surface area contributed by atoms with Gasteiger partial charge in [0.05, 0.1) is 12.2 Å². The number of ether oxygens (including phenoxy) is 1. The number of carbonyl (C=O) groups excluding carboxylic acids is 1. The first-order valence-electron chi connectivity index (χ1n) is 6.87. The number of esters is 1. The van der Waals surface area contributed by atoms with Gasteiger partial charge in [-0.15, -0.1) is 0 Å². The van der Waals surface area contributed by atoms with E-state index in [-0.39, 0.29) is 5.97 Å². The summed E-state index contributed by atoms with van der Waals surface area (Å²) in [5.41, 5.74) is 3.05.